The van der Waals surface area contributed by atoms with Crippen molar-refractivity contribution in [1.82, 2.24) is 14.9 Å². The first kappa shape index (κ1) is 17.1. The van der Waals surface area contributed by atoms with E-state index in [0.29, 0.717) is 18.4 Å². The Labute approximate surface area is 123 Å². The summed E-state index contributed by atoms with van der Waals surface area (Å²) < 4.78 is 0. The summed E-state index contributed by atoms with van der Waals surface area (Å²) in [4.78, 5) is 10.9. The Morgan fingerprint density at radius 2 is 1.70 bits per heavy atom. The first-order valence-corrected chi connectivity index (χ1v) is 7.74. The summed E-state index contributed by atoms with van der Waals surface area (Å²) in [6.07, 6.45) is 5.80. The fraction of sp³-hybridized carbons (Fsp3) is 0.750. The summed E-state index contributed by atoms with van der Waals surface area (Å²) in [6.45, 7) is 11.8. The molecule has 0 amide bonds. The van der Waals surface area contributed by atoms with E-state index in [2.05, 4.69) is 42.6 Å². The number of rotatable bonds is 9. The topological polar surface area (TPSA) is 55.0 Å². The van der Waals surface area contributed by atoms with Crippen molar-refractivity contribution in [2.75, 3.05) is 19.6 Å². The van der Waals surface area contributed by atoms with Crippen molar-refractivity contribution in [2.24, 2.45) is 17.6 Å². The van der Waals surface area contributed by atoms with E-state index in [1.54, 1.807) is 12.5 Å². The third kappa shape index (κ3) is 5.97. The second-order valence-electron chi connectivity index (χ2n) is 6.29. The van der Waals surface area contributed by atoms with Crippen molar-refractivity contribution >= 4 is 0 Å². The Hall–Kier alpha value is -1.00. The second-order valence-corrected chi connectivity index (χ2v) is 6.29. The van der Waals surface area contributed by atoms with Crippen LogP contribution in [0.2, 0.25) is 0 Å². The van der Waals surface area contributed by atoms with Crippen LogP contribution in [0, 0.1) is 11.8 Å². The van der Waals surface area contributed by atoms with Crippen molar-refractivity contribution in [1.29, 1.82) is 0 Å². The molecule has 4 nitrogen and oxygen atoms in total. The minimum Gasteiger partial charge on any atom is -0.329 e. The van der Waals surface area contributed by atoms with Gasteiger partial charge in [-0.25, -0.2) is 9.97 Å². The van der Waals surface area contributed by atoms with E-state index in [9.17, 15) is 0 Å². The fourth-order valence-corrected chi connectivity index (χ4v) is 2.23. The molecular formula is C16H30N4. The SMILES string of the molecule is CC(C)CCN(CCC(C)C)C(CN)c1ccncn1. The molecule has 1 aromatic rings. The second kappa shape index (κ2) is 9.03. The van der Waals surface area contributed by atoms with Gasteiger partial charge < -0.3 is 5.73 Å². The molecule has 0 spiro atoms. The highest BCUT2D eigenvalue weighted by Gasteiger charge is 2.20. The van der Waals surface area contributed by atoms with E-state index in [-0.39, 0.29) is 6.04 Å². The van der Waals surface area contributed by atoms with Crippen LogP contribution in [0.15, 0.2) is 18.6 Å². The fourth-order valence-electron chi connectivity index (χ4n) is 2.23. The molecule has 0 saturated heterocycles. The molecule has 0 radical (unpaired) electrons. The zero-order valence-electron chi connectivity index (χ0n) is 13.4. The van der Waals surface area contributed by atoms with Gasteiger partial charge in [-0.1, -0.05) is 27.7 Å². The van der Waals surface area contributed by atoms with E-state index < -0.39 is 0 Å². The maximum Gasteiger partial charge on any atom is 0.115 e. The number of hydrogen-bond donors (Lipinski definition) is 1. The lowest BCUT2D eigenvalue weighted by molar-refractivity contribution is 0.177. The maximum absolute atomic E-state index is 6.02. The molecule has 1 aromatic heterocycles. The molecule has 1 rings (SSSR count). The normalized spacial score (nSPS) is 13.4. The van der Waals surface area contributed by atoms with Gasteiger partial charge in [0.25, 0.3) is 0 Å². The highest BCUT2D eigenvalue weighted by Crippen LogP contribution is 2.20. The zero-order valence-corrected chi connectivity index (χ0v) is 13.4. The van der Waals surface area contributed by atoms with Crippen LogP contribution in [0.3, 0.4) is 0 Å². The van der Waals surface area contributed by atoms with E-state index in [0.717, 1.165) is 18.8 Å². The summed E-state index contributed by atoms with van der Waals surface area (Å²) in [6, 6.07) is 2.19. The molecule has 114 valence electrons. The minimum absolute atomic E-state index is 0.204. The van der Waals surface area contributed by atoms with Gasteiger partial charge in [-0.2, -0.15) is 0 Å². The lowest BCUT2D eigenvalue weighted by atomic mass is 10.1. The molecule has 4 heteroatoms. The highest BCUT2D eigenvalue weighted by atomic mass is 15.2. The van der Waals surface area contributed by atoms with Crippen LogP contribution in [-0.4, -0.2) is 34.5 Å². The van der Waals surface area contributed by atoms with Crippen LogP contribution in [0.1, 0.15) is 52.3 Å². The molecule has 20 heavy (non-hydrogen) atoms. The Bertz CT molecular complexity index is 339. The van der Waals surface area contributed by atoms with Crippen LogP contribution < -0.4 is 5.73 Å². The number of aromatic nitrogens is 2. The molecule has 0 aliphatic rings. The smallest absolute Gasteiger partial charge is 0.115 e. The van der Waals surface area contributed by atoms with Crippen LogP contribution in [0.5, 0.6) is 0 Å². The van der Waals surface area contributed by atoms with Gasteiger partial charge in [-0.05, 0) is 43.8 Å². The van der Waals surface area contributed by atoms with Gasteiger partial charge in [0, 0.05) is 12.7 Å². The van der Waals surface area contributed by atoms with Crippen molar-refractivity contribution in [3.8, 4) is 0 Å². The summed E-state index contributed by atoms with van der Waals surface area (Å²) >= 11 is 0. The summed E-state index contributed by atoms with van der Waals surface area (Å²) in [7, 11) is 0. The van der Waals surface area contributed by atoms with E-state index in [1.165, 1.54) is 12.8 Å². The average Bonchev–Trinajstić information content (AvgIpc) is 2.42. The van der Waals surface area contributed by atoms with E-state index >= 15 is 0 Å². The van der Waals surface area contributed by atoms with Crippen LogP contribution in [0.4, 0.5) is 0 Å². The third-order valence-electron chi connectivity index (χ3n) is 3.60. The van der Waals surface area contributed by atoms with Gasteiger partial charge in [-0.15, -0.1) is 0 Å². The highest BCUT2D eigenvalue weighted by molar-refractivity contribution is 5.05. The Balaban J connectivity index is 2.76. The molecule has 0 aliphatic carbocycles. The average molecular weight is 278 g/mol. The monoisotopic (exact) mass is 278 g/mol. The van der Waals surface area contributed by atoms with Gasteiger partial charge in [-0.3, -0.25) is 4.90 Å². The van der Waals surface area contributed by atoms with Crippen LogP contribution in [-0.2, 0) is 0 Å². The summed E-state index contributed by atoms with van der Waals surface area (Å²) in [5.74, 6) is 1.42. The van der Waals surface area contributed by atoms with Crippen LogP contribution >= 0.6 is 0 Å². The Kier molecular flexibility index (Phi) is 7.70. The molecule has 2 N–H and O–H groups in total. The summed E-state index contributed by atoms with van der Waals surface area (Å²) in [5.41, 5.74) is 7.05. The van der Waals surface area contributed by atoms with E-state index in [4.69, 9.17) is 5.73 Å². The van der Waals surface area contributed by atoms with E-state index in [1.807, 2.05) is 6.07 Å². The van der Waals surface area contributed by atoms with Crippen molar-refractivity contribution in [3.05, 3.63) is 24.3 Å². The largest absolute Gasteiger partial charge is 0.329 e. The molecule has 1 heterocycles. The quantitative estimate of drug-likeness (QED) is 0.754. The molecule has 1 unspecified atom stereocenters. The van der Waals surface area contributed by atoms with Crippen molar-refractivity contribution < 1.29 is 0 Å². The number of nitrogens with zero attached hydrogens (tertiary/aromatic N) is 3. The van der Waals surface area contributed by atoms with Crippen LogP contribution in [0.25, 0.3) is 0 Å². The number of nitrogens with two attached hydrogens (primary N) is 1. The van der Waals surface area contributed by atoms with Crippen molar-refractivity contribution in [3.63, 3.8) is 0 Å². The lowest BCUT2D eigenvalue weighted by Gasteiger charge is -2.31. The van der Waals surface area contributed by atoms with Gasteiger partial charge in [0.2, 0.25) is 0 Å². The molecule has 0 fully saturated rings. The predicted molar refractivity (Wildman–Crippen MR) is 84.3 cm³/mol. The predicted octanol–water partition coefficient (Wildman–Crippen LogP) is 2.87. The zero-order chi connectivity index (χ0) is 15.0. The van der Waals surface area contributed by atoms with Gasteiger partial charge >= 0.3 is 0 Å². The summed E-state index contributed by atoms with van der Waals surface area (Å²) in [5, 5.41) is 0. The maximum atomic E-state index is 6.02. The Morgan fingerprint density at radius 1 is 1.10 bits per heavy atom. The molecule has 1 atom stereocenters. The minimum atomic E-state index is 0.204. The lowest BCUT2D eigenvalue weighted by Crippen LogP contribution is -2.36. The molecule has 0 saturated carbocycles. The van der Waals surface area contributed by atoms with Gasteiger partial charge in [0.05, 0.1) is 11.7 Å². The van der Waals surface area contributed by atoms with Crippen molar-refractivity contribution in [2.45, 2.75) is 46.6 Å². The molecule has 0 aliphatic heterocycles. The standard InChI is InChI=1S/C16H30N4/c1-13(2)6-9-20(10-7-14(3)4)16(11-17)15-5-8-18-12-19-15/h5,8,12-14,16H,6-7,9-11,17H2,1-4H3. The first-order chi connectivity index (χ1) is 9.54. The number of hydrogen-bond acceptors (Lipinski definition) is 4. The third-order valence-corrected chi connectivity index (χ3v) is 3.60. The first-order valence-electron chi connectivity index (χ1n) is 7.74. The molecular weight excluding hydrogens is 248 g/mol. The van der Waals surface area contributed by atoms with Gasteiger partial charge in [0.1, 0.15) is 6.33 Å². The van der Waals surface area contributed by atoms with Gasteiger partial charge in [0.15, 0.2) is 0 Å². The molecule has 0 aromatic carbocycles. The Morgan fingerprint density at radius 3 is 2.10 bits per heavy atom. The molecule has 0 bridgehead atoms.